The van der Waals surface area contributed by atoms with Crippen molar-refractivity contribution in [3.05, 3.63) is 23.8 Å². The van der Waals surface area contributed by atoms with Crippen molar-refractivity contribution in [2.75, 3.05) is 0 Å². The summed E-state index contributed by atoms with van der Waals surface area (Å²) < 4.78 is 30.6. The highest BCUT2D eigenvalue weighted by atomic mass is 32.2. The van der Waals surface area contributed by atoms with Crippen molar-refractivity contribution in [3.63, 3.8) is 0 Å². The summed E-state index contributed by atoms with van der Waals surface area (Å²) in [6.07, 6.45) is 0. The maximum atomic E-state index is 10.9. The summed E-state index contributed by atoms with van der Waals surface area (Å²) >= 11 is 1.39. The number of thioether (sulfide) groups is 1. The zero-order valence-electron chi connectivity index (χ0n) is 7.54. The van der Waals surface area contributed by atoms with Crippen LogP contribution in [0.4, 0.5) is 5.69 Å². The Hall–Kier alpha value is -1.05. The first-order valence-corrected chi connectivity index (χ1v) is 6.47. The van der Waals surface area contributed by atoms with Crippen molar-refractivity contribution in [2.24, 2.45) is 10.7 Å². The third-order valence-corrected chi connectivity index (χ3v) is 3.65. The summed E-state index contributed by atoms with van der Waals surface area (Å²) in [7, 11) is -4.17. The average molecular weight is 244 g/mol. The molecule has 0 spiro atoms. The molecule has 0 aromatic heterocycles. The molecule has 0 aliphatic carbocycles. The molecule has 7 heteroatoms. The van der Waals surface area contributed by atoms with Crippen molar-refractivity contribution >= 4 is 32.7 Å². The van der Waals surface area contributed by atoms with E-state index in [1.807, 2.05) is 0 Å². The Morgan fingerprint density at radius 1 is 1.47 bits per heavy atom. The van der Waals surface area contributed by atoms with Crippen LogP contribution in [0.1, 0.15) is 5.56 Å². The normalized spacial score (nSPS) is 15.7. The van der Waals surface area contributed by atoms with Gasteiger partial charge >= 0.3 is 0 Å². The van der Waals surface area contributed by atoms with Gasteiger partial charge in [-0.25, -0.2) is 4.99 Å². The van der Waals surface area contributed by atoms with E-state index in [1.54, 1.807) is 6.07 Å². The molecule has 1 aromatic rings. The summed E-state index contributed by atoms with van der Waals surface area (Å²) in [6, 6.07) is 4.30. The molecule has 0 unspecified atom stereocenters. The standard InChI is InChI=1S/C8H8N2O3S2/c9-8-10-7-3-6(15(11,12)13)2-1-5(7)4-14-8/h1-3H,4H2,(H2,9,10)(H,11,12,13). The maximum absolute atomic E-state index is 10.9. The fraction of sp³-hybridized carbons (Fsp3) is 0.125. The Kier molecular flexibility index (Phi) is 2.45. The third kappa shape index (κ3) is 2.14. The van der Waals surface area contributed by atoms with Crippen LogP contribution in [0.25, 0.3) is 0 Å². The van der Waals surface area contributed by atoms with Gasteiger partial charge < -0.3 is 5.73 Å². The van der Waals surface area contributed by atoms with E-state index in [9.17, 15) is 8.42 Å². The van der Waals surface area contributed by atoms with Gasteiger partial charge in [-0.1, -0.05) is 17.8 Å². The number of aliphatic imine (C=N–C) groups is 1. The zero-order chi connectivity index (χ0) is 11.1. The molecular formula is C8H8N2O3S2. The third-order valence-electron chi connectivity index (χ3n) is 1.96. The Morgan fingerprint density at radius 2 is 2.20 bits per heavy atom. The van der Waals surface area contributed by atoms with Crippen LogP contribution in [-0.4, -0.2) is 18.1 Å². The number of hydrogen-bond donors (Lipinski definition) is 2. The predicted molar refractivity (Wildman–Crippen MR) is 58.8 cm³/mol. The molecular weight excluding hydrogens is 236 g/mol. The number of fused-ring (bicyclic) bond motifs is 1. The summed E-state index contributed by atoms with van der Waals surface area (Å²) in [6.45, 7) is 0. The number of hydrogen-bond acceptors (Lipinski definition) is 5. The minimum Gasteiger partial charge on any atom is -0.378 e. The number of nitrogens with two attached hydrogens (primary N) is 1. The highest BCUT2D eigenvalue weighted by molar-refractivity contribution is 8.13. The first-order chi connectivity index (χ1) is 6.97. The predicted octanol–water partition coefficient (Wildman–Crippen LogP) is 1.13. The molecule has 15 heavy (non-hydrogen) atoms. The van der Waals surface area contributed by atoms with Crippen molar-refractivity contribution < 1.29 is 13.0 Å². The lowest BCUT2D eigenvalue weighted by Gasteiger charge is -2.12. The molecule has 2 rings (SSSR count). The van der Waals surface area contributed by atoms with Crippen LogP contribution < -0.4 is 5.73 Å². The Bertz CT molecular complexity index is 537. The lowest BCUT2D eigenvalue weighted by Crippen LogP contribution is -2.10. The second-order valence-corrected chi connectivity index (χ2v) is 5.42. The number of benzene rings is 1. The van der Waals surface area contributed by atoms with Gasteiger partial charge in [0, 0.05) is 5.75 Å². The van der Waals surface area contributed by atoms with Crippen molar-refractivity contribution in [2.45, 2.75) is 10.6 Å². The van der Waals surface area contributed by atoms with Gasteiger partial charge in [-0.3, -0.25) is 4.55 Å². The van der Waals surface area contributed by atoms with Crippen LogP contribution in [0.2, 0.25) is 0 Å². The highest BCUT2D eigenvalue weighted by Crippen LogP contribution is 2.31. The molecule has 1 aliphatic rings. The molecule has 0 atom stereocenters. The van der Waals surface area contributed by atoms with Gasteiger partial charge in [-0.2, -0.15) is 8.42 Å². The SMILES string of the molecule is NC1=Nc2cc(S(=O)(=O)O)ccc2CS1. The highest BCUT2D eigenvalue weighted by Gasteiger charge is 2.15. The summed E-state index contributed by atoms with van der Waals surface area (Å²) in [5.41, 5.74) is 6.92. The topological polar surface area (TPSA) is 92.8 Å². The molecule has 0 bridgehead atoms. The molecule has 1 aromatic carbocycles. The van der Waals surface area contributed by atoms with E-state index < -0.39 is 10.1 Å². The molecule has 0 saturated heterocycles. The lowest BCUT2D eigenvalue weighted by molar-refractivity contribution is 0.483. The van der Waals surface area contributed by atoms with E-state index >= 15 is 0 Å². The first kappa shape index (κ1) is 10.5. The fourth-order valence-electron chi connectivity index (χ4n) is 1.23. The number of rotatable bonds is 1. The largest absolute Gasteiger partial charge is 0.378 e. The van der Waals surface area contributed by atoms with Gasteiger partial charge in [-0.05, 0) is 17.7 Å². The van der Waals surface area contributed by atoms with Crippen molar-refractivity contribution in [1.29, 1.82) is 0 Å². The van der Waals surface area contributed by atoms with E-state index in [4.69, 9.17) is 10.3 Å². The van der Waals surface area contributed by atoms with Gasteiger partial charge in [0.15, 0.2) is 5.17 Å². The molecule has 1 heterocycles. The second-order valence-electron chi connectivity index (χ2n) is 3.00. The van der Waals surface area contributed by atoms with Crippen molar-refractivity contribution in [1.82, 2.24) is 0 Å². The van der Waals surface area contributed by atoms with E-state index in [1.165, 1.54) is 23.9 Å². The van der Waals surface area contributed by atoms with Gasteiger partial charge in [0.1, 0.15) is 0 Å². The van der Waals surface area contributed by atoms with Gasteiger partial charge in [0.2, 0.25) is 0 Å². The summed E-state index contributed by atoms with van der Waals surface area (Å²) in [5.74, 6) is 0.663. The quantitative estimate of drug-likeness (QED) is 0.722. The minimum atomic E-state index is -4.17. The summed E-state index contributed by atoms with van der Waals surface area (Å²) in [4.78, 5) is 3.84. The fourth-order valence-corrected chi connectivity index (χ4v) is 2.44. The molecule has 3 N–H and O–H groups in total. The maximum Gasteiger partial charge on any atom is 0.294 e. The number of amidine groups is 1. The second kappa shape index (κ2) is 3.51. The van der Waals surface area contributed by atoms with Crippen LogP contribution in [0.3, 0.4) is 0 Å². The molecule has 0 saturated carbocycles. The monoisotopic (exact) mass is 244 g/mol. The first-order valence-electron chi connectivity index (χ1n) is 4.04. The van der Waals surface area contributed by atoms with Crippen LogP contribution in [-0.2, 0) is 15.9 Å². The van der Waals surface area contributed by atoms with Gasteiger partial charge in [0.05, 0.1) is 10.6 Å². The Labute approximate surface area is 91.1 Å². The molecule has 0 radical (unpaired) electrons. The minimum absolute atomic E-state index is 0.162. The number of nitrogens with zero attached hydrogens (tertiary/aromatic N) is 1. The zero-order valence-corrected chi connectivity index (χ0v) is 9.18. The molecule has 5 nitrogen and oxygen atoms in total. The van der Waals surface area contributed by atoms with E-state index in [-0.39, 0.29) is 4.90 Å². The van der Waals surface area contributed by atoms with E-state index in [0.29, 0.717) is 16.6 Å². The van der Waals surface area contributed by atoms with E-state index in [0.717, 1.165) is 5.56 Å². The van der Waals surface area contributed by atoms with Gasteiger partial charge in [-0.15, -0.1) is 0 Å². The van der Waals surface area contributed by atoms with Crippen LogP contribution in [0, 0.1) is 0 Å². The molecule has 80 valence electrons. The Balaban J connectivity index is 2.57. The van der Waals surface area contributed by atoms with Gasteiger partial charge in [0.25, 0.3) is 10.1 Å². The molecule has 1 aliphatic heterocycles. The van der Waals surface area contributed by atoms with Crippen LogP contribution >= 0.6 is 11.8 Å². The van der Waals surface area contributed by atoms with Crippen LogP contribution in [0.5, 0.6) is 0 Å². The molecule has 0 amide bonds. The van der Waals surface area contributed by atoms with Crippen LogP contribution in [0.15, 0.2) is 28.1 Å². The average Bonchev–Trinajstić information content (AvgIpc) is 2.15. The summed E-state index contributed by atoms with van der Waals surface area (Å²) in [5, 5.41) is 0.398. The smallest absolute Gasteiger partial charge is 0.294 e. The van der Waals surface area contributed by atoms with E-state index in [2.05, 4.69) is 4.99 Å². The van der Waals surface area contributed by atoms with Crippen molar-refractivity contribution in [3.8, 4) is 0 Å². The Morgan fingerprint density at radius 3 is 2.87 bits per heavy atom. The molecule has 0 fully saturated rings. The lowest BCUT2D eigenvalue weighted by atomic mass is 10.2.